The molecular formula is C26H18Cl2FN5OS2. The molecule has 0 aliphatic carbocycles. The molecule has 6 nitrogen and oxygen atoms in total. The third-order valence-corrected chi connectivity index (χ3v) is 7.83. The van der Waals surface area contributed by atoms with Crippen LogP contribution in [0.5, 0.6) is 0 Å². The van der Waals surface area contributed by atoms with Crippen LogP contribution in [-0.2, 0) is 12.3 Å². The number of benzene rings is 3. The van der Waals surface area contributed by atoms with Gasteiger partial charge in [-0.1, -0.05) is 65.3 Å². The summed E-state index contributed by atoms with van der Waals surface area (Å²) in [6, 6.07) is 20.8. The van der Waals surface area contributed by atoms with Crippen molar-refractivity contribution in [2.75, 3.05) is 0 Å². The lowest BCUT2D eigenvalue weighted by Crippen LogP contribution is -2.23. The van der Waals surface area contributed by atoms with Crippen LogP contribution in [0.25, 0.3) is 17.1 Å². The highest BCUT2D eigenvalue weighted by molar-refractivity contribution is 7.98. The van der Waals surface area contributed by atoms with Gasteiger partial charge in [0, 0.05) is 22.5 Å². The third kappa shape index (κ3) is 6.02. The Kier molecular flexibility index (Phi) is 7.85. The molecule has 1 amide bonds. The number of halogens is 3. The second-order valence-electron chi connectivity index (χ2n) is 7.83. The molecule has 11 heteroatoms. The van der Waals surface area contributed by atoms with Crippen LogP contribution in [0.15, 0.2) is 83.3 Å². The maximum absolute atomic E-state index is 13.1. The van der Waals surface area contributed by atoms with Gasteiger partial charge < -0.3 is 5.32 Å². The van der Waals surface area contributed by atoms with Crippen LogP contribution in [0.3, 0.4) is 0 Å². The van der Waals surface area contributed by atoms with Gasteiger partial charge in [-0.3, -0.25) is 9.36 Å². The van der Waals surface area contributed by atoms with Gasteiger partial charge in [0.15, 0.2) is 11.0 Å². The monoisotopic (exact) mass is 569 g/mol. The molecule has 0 aliphatic rings. The van der Waals surface area contributed by atoms with E-state index in [9.17, 15) is 9.18 Å². The largest absolute Gasteiger partial charge is 0.347 e. The van der Waals surface area contributed by atoms with Gasteiger partial charge in [-0.15, -0.1) is 21.5 Å². The molecule has 0 bridgehead atoms. The Labute approximate surface area is 230 Å². The molecule has 0 unspecified atom stereocenters. The van der Waals surface area contributed by atoms with E-state index in [0.717, 1.165) is 21.8 Å². The highest BCUT2D eigenvalue weighted by atomic mass is 35.5. The summed E-state index contributed by atoms with van der Waals surface area (Å²) in [5.74, 6) is 0.467. The Morgan fingerprint density at radius 1 is 1.03 bits per heavy atom. The topological polar surface area (TPSA) is 72.7 Å². The number of rotatable bonds is 8. The zero-order valence-corrected chi connectivity index (χ0v) is 22.2. The zero-order valence-electron chi connectivity index (χ0n) is 19.1. The summed E-state index contributed by atoms with van der Waals surface area (Å²) in [6.45, 7) is 0.286. The van der Waals surface area contributed by atoms with Crippen LogP contribution >= 0.6 is 46.3 Å². The number of hydrogen-bond acceptors (Lipinski definition) is 6. The molecular weight excluding hydrogens is 552 g/mol. The third-order valence-electron chi connectivity index (χ3n) is 5.29. The zero-order chi connectivity index (χ0) is 25.8. The molecule has 0 atom stereocenters. The van der Waals surface area contributed by atoms with Crippen molar-refractivity contribution >= 4 is 52.2 Å². The standard InChI is InChI=1S/C26H18Cl2FN5OS2/c27-17-4-3-5-19(12-17)34-24(20-6-1-2-7-21(20)28)32-33-26(34)37-15-23-31-22(14-36-23)25(35)30-13-16-8-10-18(29)11-9-16/h1-12,14H,13,15H2,(H,30,35). The molecule has 5 aromatic rings. The van der Waals surface area contributed by atoms with E-state index in [2.05, 4.69) is 20.5 Å². The number of carbonyl (C=O) groups excluding carboxylic acids is 1. The van der Waals surface area contributed by atoms with Crippen LogP contribution < -0.4 is 5.32 Å². The Morgan fingerprint density at radius 2 is 1.84 bits per heavy atom. The van der Waals surface area contributed by atoms with Crippen molar-refractivity contribution in [2.45, 2.75) is 17.5 Å². The van der Waals surface area contributed by atoms with Gasteiger partial charge in [0.1, 0.15) is 16.5 Å². The molecule has 0 spiro atoms. The number of hydrogen-bond donors (Lipinski definition) is 1. The molecule has 186 valence electrons. The number of thioether (sulfide) groups is 1. The minimum atomic E-state index is -0.318. The summed E-state index contributed by atoms with van der Waals surface area (Å²) >= 11 is 15.6. The Bertz CT molecular complexity index is 1550. The first-order chi connectivity index (χ1) is 18.0. The molecule has 0 aliphatic heterocycles. The molecule has 0 saturated carbocycles. The lowest BCUT2D eigenvalue weighted by atomic mass is 10.2. The van der Waals surface area contributed by atoms with Crippen LogP contribution in [0.2, 0.25) is 10.0 Å². The molecule has 0 saturated heterocycles. The first-order valence-electron chi connectivity index (χ1n) is 11.0. The number of amides is 1. The minimum Gasteiger partial charge on any atom is -0.347 e. The quantitative estimate of drug-likeness (QED) is 0.202. The molecule has 0 radical (unpaired) electrons. The summed E-state index contributed by atoms with van der Waals surface area (Å²) in [6.07, 6.45) is 0. The second kappa shape index (κ2) is 11.4. The molecule has 2 heterocycles. The van der Waals surface area contributed by atoms with Crippen molar-refractivity contribution in [3.05, 3.63) is 110 Å². The van der Waals surface area contributed by atoms with E-state index in [-0.39, 0.29) is 18.3 Å². The summed E-state index contributed by atoms with van der Waals surface area (Å²) in [5, 5.41) is 15.9. The van der Waals surface area contributed by atoms with Gasteiger partial charge in [0.2, 0.25) is 0 Å². The van der Waals surface area contributed by atoms with Crippen LogP contribution in [0.4, 0.5) is 4.39 Å². The van der Waals surface area contributed by atoms with E-state index in [1.807, 2.05) is 41.0 Å². The highest BCUT2D eigenvalue weighted by Crippen LogP contribution is 2.33. The van der Waals surface area contributed by atoms with Crippen molar-refractivity contribution < 1.29 is 9.18 Å². The van der Waals surface area contributed by atoms with Crippen molar-refractivity contribution in [3.8, 4) is 17.1 Å². The number of thiazole rings is 1. The predicted molar refractivity (Wildman–Crippen MR) is 146 cm³/mol. The lowest BCUT2D eigenvalue weighted by Gasteiger charge is -2.11. The summed E-state index contributed by atoms with van der Waals surface area (Å²) < 4.78 is 15.0. The van der Waals surface area contributed by atoms with E-state index in [4.69, 9.17) is 23.2 Å². The fourth-order valence-electron chi connectivity index (χ4n) is 3.51. The van der Waals surface area contributed by atoms with Crippen molar-refractivity contribution in [1.82, 2.24) is 25.1 Å². The van der Waals surface area contributed by atoms with E-state index >= 15 is 0 Å². The van der Waals surface area contributed by atoms with Crippen LogP contribution in [0, 0.1) is 5.82 Å². The van der Waals surface area contributed by atoms with Gasteiger partial charge in [0.25, 0.3) is 5.91 Å². The Morgan fingerprint density at radius 3 is 2.62 bits per heavy atom. The van der Waals surface area contributed by atoms with Crippen LogP contribution in [-0.4, -0.2) is 25.7 Å². The molecule has 5 rings (SSSR count). The smallest absolute Gasteiger partial charge is 0.271 e. The predicted octanol–water partition coefficient (Wildman–Crippen LogP) is 7.06. The fraction of sp³-hybridized carbons (Fsp3) is 0.0769. The van der Waals surface area contributed by atoms with Crippen molar-refractivity contribution in [1.29, 1.82) is 0 Å². The average Bonchev–Trinajstić information content (AvgIpc) is 3.55. The Balaban J connectivity index is 1.33. The van der Waals surface area contributed by atoms with E-state index in [1.165, 1.54) is 35.2 Å². The van der Waals surface area contributed by atoms with Crippen LogP contribution in [0.1, 0.15) is 21.1 Å². The van der Waals surface area contributed by atoms with Gasteiger partial charge in [-0.05, 0) is 48.0 Å². The van der Waals surface area contributed by atoms with E-state index < -0.39 is 0 Å². The van der Waals surface area contributed by atoms with E-state index in [0.29, 0.717) is 32.5 Å². The average molecular weight is 571 g/mol. The molecule has 1 N–H and O–H groups in total. The summed E-state index contributed by atoms with van der Waals surface area (Å²) in [7, 11) is 0. The minimum absolute atomic E-state index is 0.286. The summed E-state index contributed by atoms with van der Waals surface area (Å²) in [5.41, 5.74) is 2.68. The van der Waals surface area contributed by atoms with Gasteiger partial charge in [-0.25, -0.2) is 9.37 Å². The number of nitrogens with zero attached hydrogens (tertiary/aromatic N) is 4. The van der Waals surface area contributed by atoms with Gasteiger partial charge in [-0.2, -0.15) is 0 Å². The summed E-state index contributed by atoms with van der Waals surface area (Å²) in [4.78, 5) is 17.0. The highest BCUT2D eigenvalue weighted by Gasteiger charge is 2.19. The van der Waals surface area contributed by atoms with Crippen molar-refractivity contribution in [2.24, 2.45) is 0 Å². The molecule has 2 aromatic heterocycles. The Hall–Kier alpha value is -3.24. The molecule has 0 fully saturated rings. The maximum atomic E-state index is 13.1. The normalized spacial score (nSPS) is 11.0. The van der Waals surface area contributed by atoms with Crippen molar-refractivity contribution in [3.63, 3.8) is 0 Å². The fourth-order valence-corrected chi connectivity index (χ4v) is 5.66. The number of nitrogens with one attached hydrogen (secondary N) is 1. The first kappa shape index (κ1) is 25.4. The second-order valence-corrected chi connectivity index (χ2v) is 10.6. The van der Waals surface area contributed by atoms with Gasteiger partial charge >= 0.3 is 0 Å². The lowest BCUT2D eigenvalue weighted by molar-refractivity contribution is 0.0946. The SMILES string of the molecule is O=C(NCc1ccc(F)cc1)c1csc(CSc2nnc(-c3ccccc3Cl)n2-c2cccc(Cl)c2)n1. The number of aromatic nitrogens is 4. The van der Waals surface area contributed by atoms with Gasteiger partial charge in [0.05, 0.1) is 16.5 Å². The molecule has 3 aromatic carbocycles. The maximum Gasteiger partial charge on any atom is 0.271 e. The first-order valence-corrected chi connectivity index (χ1v) is 13.7. The molecule has 37 heavy (non-hydrogen) atoms. The number of carbonyl (C=O) groups is 1. The van der Waals surface area contributed by atoms with E-state index in [1.54, 1.807) is 29.6 Å².